The van der Waals surface area contributed by atoms with Crippen LogP contribution in [-0.4, -0.2) is 28.1 Å². The van der Waals surface area contributed by atoms with Gasteiger partial charge in [0.1, 0.15) is 23.3 Å². The second kappa shape index (κ2) is 7.11. The van der Waals surface area contributed by atoms with E-state index in [1.165, 1.54) is 29.9 Å². The molecule has 7 nitrogen and oxygen atoms in total. The summed E-state index contributed by atoms with van der Waals surface area (Å²) < 4.78 is 14.4. The number of ketones is 1. The summed E-state index contributed by atoms with van der Waals surface area (Å²) in [6.07, 6.45) is 2.52. The molecule has 24 heavy (non-hydrogen) atoms. The number of allylic oxidation sites excluding steroid dienone is 2. The van der Waals surface area contributed by atoms with Crippen molar-refractivity contribution >= 4 is 24.0 Å². The monoisotopic (exact) mass is 325 g/mol. The van der Waals surface area contributed by atoms with Crippen molar-refractivity contribution in [3.05, 3.63) is 58.8 Å². The zero-order chi connectivity index (χ0) is 17.7. The lowest BCUT2D eigenvalue weighted by molar-refractivity contribution is 0.102. The maximum absolute atomic E-state index is 13.2. The standard InChI is InChI=1S/C16H12FN5O2/c1-22-12(8-19)7-15(21-22)16(24)14(4-5-18)20-13-3-2-11(17)6-10(13)9-23/h2-7,9,18,20H,1H3/b14-4-,18-5?. The molecule has 1 aromatic heterocycles. The van der Waals surface area contributed by atoms with Gasteiger partial charge in [0.05, 0.1) is 5.70 Å². The van der Waals surface area contributed by atoms with E-state index in [1.54, 1.807) is 0 Å². The molecule has 0 aliphatic heterocycles. The number of rotatable bonds is 6. The zero-order valence-corrected chi connectivity index (χ0v) is 12.6. The Morgan fingerprint density at radius 3 is 2.79 bits per heavy atom. The second-order valence-corrected chi connectivity index (χ2v) is 4.70. The van der Waals surface area contributed by atoms with E-state index in [9.17, 15) is 14.0 Å². The predicted octanol–water partition coefficient (Wildman–Crippen LogP) is 2.07. The fourth-order valence-electron chi connectivity index (χ4n) is 1.97. The molecule has 0 saturated heterocycles. The maximum Gasteiger partial charge on any atom is 0.229 e. The van der Waals surface area contributed by atoms with E-state index in [1.807, 2.05) is 6.07 Å². The van der Waals surface area contributed by atoms with Gasteiger partial charge in [0, 0.05) is 30.6 Å². The summed E-state index contributed by atoms with van der Waals surface area (Å²) in [5.41, 5.74) is 0.399. The van der Waals surface area contributed by atoms with Gasteiger partial charge in [0.15, 0.2) is 6.29 Å². The molecule has 0 amide bonds. The number of aldehydes is 1. The number of Topliss-reactive ketones (excluding diaryl/α,β-unsaturated/α-hetero) is 1. The van der Waals surface area contributed by atoms with E-state index in [0.29, 0.717) is 6.29 Å². The number of carbonyl (C=O) groups excluding carboxylic acids is 2. The smallest absolute Gasteiger partial charge is 0.229 e. The van der Waals surface area contributed by atoms with Crippen molar-refractivity contribution in [1.29, 1.82) is 10.7 Å². The van der Waals surface area contributed by atoms with Gasteiger partial charge in [-0.15, -0.1) is 0 Å². The molecule has 1 heterocycles. The van der Waals surface area contributed by atoms with Crippen LogP contribution in [0.2, 0.25) is 0 Å². The molecule has 0 unspecified atom stereocenters. The normalized spacial score (nSPS) is 10.8. The highest BCUT2D eigenvalue weighted by Gasteiger charge is 2.18. The van der Waals surface area contributed by atoms with E-state index in [-0.39, 0.29) is 28.3 Å². The van der Waals surface area contributed by atoms with Crippen LogP contribution in [0.1, 0.15) is 26.5 Å². The van der Waals surface area contributed by atoms with Crippen molar-refractivity contribution in [2.45, 2.75) is 0 Å². The van der Waals surface area contributed by atoms with Crippen molar-refractivity contribution in [1.82, 2.24) is 9.78 Å². The predicted molar refractivity (Wildman–Crippen MR) is 84.5 cm³/mol. The Hall–Kier alpha value is -3.60. The zero-order valence-electron chi connectivity index (χ0n) is 12.6. The van der Waals surface area contributed by atoms with Crippen molar-refractivity contribution in [3.8, 4) is 6.07 Å². The third-order valence-electron chi connectivity index (χ3n) is 3.13. The Balaban J connectivity index is 2.38. The lowest BCUT2D eigenvalue weighted by Gasteiger charge is -2.10. The largest absolute Gasteiger partial charge is 0.352 e. The lowest BCUT2D eigenvalue weighted by Crippen LogP contribution is -2.14. The van der Waals surface area contributed by atoms with Gasteiger partial charge >= 0.3 is 0 Å². The van der Waals surface area contributed by atoms with Crippen LogP contribution < -0.4 is 5.32 Å². The molecule has 0 saturated carbocycles. The molecule has 0 atom stereocenters. The number of anilines is 1. The lowest BCUT2D eigenvalue weighted by atomic mass is 10.1. The number of aryl methyl sites for hydroxylation is 1. The molecule has 0 bridgehead atoms. The fourth-order valence-corrected chi connectivity index (χ4v) is 1.97. The van der Waals surface area contributed by atoms with Gasteiger partial charge in [-0.3, -0.25) is 14.3 Å². The highest BCUT2D eigenvalue weighted by molar-refractivity contribution is 6.11. The summed E-state index contributed by atoms with van der Waals surface area (Å²) in [5.74, 6) is -1.16. The van der Waals surface area contributed by atoms with Crippen LogP contribution in [-0.2, 0) is 7.05 Å². The molecule has 0 aliphatic carbocycles. The highest BCUT2D eigenvalue weighted by Crippen LogP contribution is 2.19. The van der Waals surface area contributed by atoms with Gasteiger partial charge in [-0.05, 0) is 24.3 Å². The topological polar surface area (TPSA) is 112 Å². The van der Waals surface area contributed by atoms with E-state index in [2.05, 4.69) is 10.4 Å². The number of nitrogens with zero attached hydrogens (tertiary/aromatic N) is 3. The van der Waals surface area contributed by atoms with Gasteiger partial charge < -0.3 is 10.7 Å². The van der Waals surface area contributed by atoms with E-state index in [0.717, 1.165) is 18.3 Å². The van der Waals surface area contributed by atoms with Gasteiger partial charge in [-0.2, -0.15) is 10.4 Å². The maximum atomic E-state index is 13.2. The third-order valence-corrected chi connectivity index (χ3v) is 3.13. The minimum Gasteiger partial charge on any atom is -0.352 e. The van der Waals surface area contributed by atoms with Crippen molar-refractivity contribution in [2.75, 3.05) is 5.32 Å². The summed E-state index contributed by atoms with van der Waals surface area (Å²) >= 11 is 0. The first-order valence-corrected chi connectivity index (χ1v) is 6.71. The van der Waals surface area contributed by atoms with E-state index >= 15 is 0 Å². The Labute approximate surface area is 136 Å². The van der Waals surface area contributed by atoms with Crippen LogP contribution in [0.4, 0.5) is 10.1 Å². The van der Waals surface area contributed by atoms with Crippen LogP contribution in [0.5, 0.6) is 0 Å². The number of carbonyl (C=O) groups is 2. The van der Waals surface area contributed by atoms with Crippen LogP contribution in [0, 0.1) is 22.6 Å². The first-order chi connectivity index (χ1) is 11.5. The summed E-state index contributed by atoms with van der Waals surface area (Å²) in [6, 6.07) is 6.67. The number of aromatic nitrogens is 2. The summed E-state index contributed by atoms with van der Waals surface area (Å²) in [5, 5.41) is 22.7. The molecule has 0 fully saturated rings. The summed E-state index contributed by atoms with van der Waals surface area (Å²) in [7, 11) is 1.52. The first-order valence-electron chi connectivity index (χ1n) is 6.71. The van der Waals surface area contributed by atoms with Crippen LogP contribution in [0.15, 0.2) is 36.0 Å². The van der Waals surface area contributed by atoms with Crippen LogP contribution >= 0.6 is 0 Å². The van der Waals surface area contributed by atoms with Crippen LogP contribution in [0.3, 0.4) is 0 Å². The van der Waals surface area contributed by atoms with Gasteiger partial charge in [-0.25, -0.2) is 4.39 Å². The highest BCUT2D eigenvalue weighted by atomic mass is 19.1. The van der Waals surface area contributed by atoms with Crippen molar-refractivity contribution in [3.63, 3.8) is 0 Å². The van der Waals surface area contributed by atoms with Gasteiger partial charge in [0.25, 0.3) is 0 Å². The number of benzene rings is 1. The molecule has 2 rings (SSSR count). The molecule has 0 spiro atoms. The number of nitriles is 1. The van der Waals surface area contributed by atoms with Crippen LogP contribution in [0.25, 0.3) is 0 Å². The number of hydrogen-bond acceptors (Lipinski definition) is 6. The minimum absolute atomic E-state index is 0.00409. The Morgan fingerprint density at radius 1 is 1.46 bits per heavy atom. The Bertz CT molecular complexity index is 892. The SMILES string of the molecule is Cn1nc(C(=O)/C(=C/C=N)Nc2ccc(F)cc2C=O)cc1C#N. The summed E-state index contributed by atoms with van der Waals surface area (Å²) in [6.45, 7) is 0. The molecule has 2 N–H and O–H groups in total. The molecule has 8 heteroatoms. The van der Waals surface area contributed by atoms with Gasteiger partial charge in [-0.1, -0.05) is 0 Å². The third kappa shape index (κ3) is 3.41. The first kappa shape index (κ1) is 16.8. The fraction of sp³-hybridized carbons (Fsp3) is 0.0625. The number of halogens is 1. The quantitative estimate of drug-likeness (QED) is 0.365. The summed E-state index contributed by atoms with van der Waals surface area (Å²) in [4.78, 5) is 23.5. The number of hydrogen-bond donors (Lipinski definition) is 2. The molecule has 0 radical (unpaired) electrons. The molecule has 0 aliphatic rings. The minimum atomic E-state index is -0.588. The molecular weight excluding hydrogens is 313 g/mol. The van der Waals surface area contributed by atoms with E-state index < -0.39 is 11.6 Å². The van der Waals surface area contributed by atoms with Gasteiger partial charge in [0.2, 0.25) is 5.78 Å². The van der Waals surface area contributed by atoms with Crippen molar-refractivity contribution in [2.24, 2.45) is 7.05 Å². The molecule has 120 valence electrons. The number of nitrogens with one attached hydrogen (secondary N) is 2. The average molecular weight is 325 g/mol. The average Bonchev–Trinajstić information content (AvgIpc) is 2.96. The Morgan fingerprint density at radius 2 is 2.21 bits per heavy atom. The molecule has 1 aromatic carbocycles. The molecule has 2 aromatic rings. The Kier molecular flexibility index (Phi) is 4.96. The molecular formula is C16H12FN5O2. The van der Waals surface area contributed by atoms with Crippen molar-refractivity contribution < 1.29 is 14.0 Å². The van der Waals surface area contributed by atoms with E-state index in [4.69, 9.17) is 10.7 Å². The second-order valence-electron chi connectivity index (χ2n) is 4.70.